The number of benzene rings is 2. The van der Waals surface area contributed by atoms with Crippen molar-refractivity contribution in [2.24, 2.45) is 0 Å². The third-order valence-corrected chi connectivity index (χ3v) is 4.93. The molecule has 2 aromatic rings. The highest BCUT2D eigenvalue weighted by molar-refractivity contribution is 5.93. The predicted molar refractivity (Wildman–Crippen MR) is 108 cm³/mol. The molecule has 0 unspecified atom stereocenters. The summed E-state index contributed by atoms with van der Waals surface area (Å²) >= 11 is 0. The summed E-state index contributed by atoms with van der Waals surface area (Å²) in [6.07, 6.45) is 2.79. The number of amides is 1. The van der Waals surface area contributed by atoms with Crippen LogP contribution in [0.25, 0.3) is 0 Å². The number of nitro benzene ring substituents is 1. The topological polar surface area (TPSA) is 102 Å². The number of hydrogen-bond donors (Lipinski definition) is 1. The Hall–Kier alpha value is -3.42. The van der Waals surface area contributed by atoms with Crippen molar-refractivity contribution in [3.63, 3.8) is 0 Å². The van der Waals surface area contributed by atoms with Gasteiger partial charge in [-0.1, -0.05) is 24.3 Å². The lowest BCUT2D eigenvalue weighted by Crippen LogP contribution is -2.34. The minimum atomic E-state index is -0.780. The Bertz CT molecular complexity index is 942. The van der Waals surface area contributed by atoms with Gasteiger partial charge in [0.25, 0.3) is 11.6 Å². The normalized spacial score (nSPS) is 15.2. The smallest absolute Gasteiger partial charge is 0.338 e. The molecule has 0 heterocycles. The molecule has 3 rings (SSSR count). The zero-order chi connectivity index (χ0) is 21.0. The SMILES string of the molecule is CN(C)c1ccc(C(=O)OCC(=O)N[C@@H]2CCCc3ccccc32)cc1[N+](=O)[O-]. The number of ether oxygens (including phenoxy) is 1. The van der Waals surface area contributed by atoms with Crippen molar-refractivity contribution in [3.05, 3.63) is 69.3 Å². The highest BCUT2D eigenvalue weighted by Gasteiger charge is 2.23. The summed E-state index contributed by atoms with van der Waals surface area (Å²) in [5, 5.41) is 14.2. The van der Waals surface area contributed by atoms with Gasteiger partial charge in [0.2, 0.25) is 0 Å². The van der Waals surface area contributed by atoms with Gasteiger partial charge >= 0.3 is 5.97 Å². The standard InChI is InChI=1S/C21H23N3O5/c1-23(2)18-11-10-15(12-19(18)24(27)28)21(26)29-13-20(25)22-17-9-5-7-14-6-3-4-8-16(14)17/h3-4,6,8,10-12,17H,5,7,9,13H2,1-2H3,(H,22,25)/t17-/m1/s1. The maximum Gasteiger partial charge on any atom is 0.338 e. The van der Waals surface area contributed by atoms with Gasteiger partial charge in [-0.25, -0.2) is 4.79 Å². The second kappa shape index (κ2) is 8.72. The molecule has 0 aromatic heterocycles. The van der Waals surface area contributed by atoms with E-state index in [-0.39, 0.29) is 17.3 Å². The van der Waals surface area contributed by atoms with Gasteiger partial charge in [-0.3, -0.25) is 14.9 Å². The molecule has 1 amide bonds. The molecule has 1 aliphatic carbocycles. The number of nitrogens with zero attached hydrogens (tertiary/aromatic N) is 2. The second-order valence-electron chi connectivity index (χ2n) is 7.14. The quantitative estimate of drug-likeness (QED) is 0.457. The lowest BCUT2D eigenvalue weighted by Gasteiger charge is -2.26. The molecule has 29 heavy (non-hydrogen) atoms. The van der Waals surface area contributed by atoms with E-state index in [1.807, 2.05) is 18.2 Å². The monoisotopic (exact) mass is 397 g/mol. The predicted octanol–water partition coefficient (Wildman–Crippen LogP) is 3.01. The number of carbonyl (C=O) groups excluding carboxylic acids is 2. The number of nitro groups is 1. The van der Waals surface area contributed by atoms with Gasteiger partial charge < -0.3 is 15.0 Å². The summed E-state index contributed by atoms with van der Waals surface area (Å²) in [7, 11) is 3.35. The van der Waals surface area contributed by atoms with Crippen molar-refractivity contribution in [1.29, 1.82) is 0 Å². The summed E-state index contributed by atoms with van der Waals surface area (Å²) in [4.78, 5) is 36.8. The Morgan fingerprint density at radius 1 is 1.24 bits per heavy atom. The fraction of sp³-hybridized carbons (Fsp3) is 0.333. The Labute approximate surface area is 168 Å². The number of nitrogens with one attached hydrogen (secondary N) is 1. The van der Waals surface area contributed by atoms with Crippen LogP contribution in [0.2, 0.25) is 0 Å². The summed E-state index contributed by atoms with van der Waals surface area (Å²) in [6.45, 7) is -0.444. The van der Waals surface area contributed by atoms with Gasteiger partial charge in [-0.2, -0.15) is 0 Å². The van der Waals surface area contributed by atoms with Crippen LogP contribution in [0, 0.1) is 10.1 Å². The van der Waals surface area contributed by atoms with Crippen LogP contribution in [0.4, 0.5) is 11.4 Å². The van der Waals surface area contributed by atoms with Gasteiger partial charge in [0.1, 0.15) is 5.69 Å². The Morgan fingerprint density at radius 3 is 2.72 bits per heavy atom. The van der Waals surface area contributed by atoms with Gasteiger partial charge in [0.05, 0.1) is 16.5 Å². The lowest BCUT2D eigenvalue weighted by atomic mass is 9.88. The van der Waals surface area contributed by atoms with Crippen LogP contribution < -0.4 is 10.2 Å². The molecule has 1 atom stereocenters. The fourth-order valence-electron chi connectivity index (χ4n) is 3.53. The number of esters is 1. The number of hydrogen-bond acceptors (Lipinski definition) is 6. The van der Waals surface area contributed by atoms with Crippen LogP contribution in [0.15, 0.2) is 42.5 Å². The van der Waals surface area contributed by atoms with Crippen LogP contribution in [0.1, 0.15) is 40.4 Å². The molecule has 0 saturated heterocycles. The fourth-order valence-corrected chi connectivity index (χ4v) is 3.53. The third kappa shape index (κ3) is 4.71. The van der Waals surface area contributed by atoms with E-state index in [1.165, 1.54) is 17.7 Å². The lowest BCUT2D eigenvalue weighted by molar-refractivity contribution is -0.384. The maximum absolute atomic E-state index is 12.3. The molecule has 0 fully saturated rings. The highest BCUT2D eigenvalue weighted by atomic mass is 16.6. The highest BCUT2D eigenvalue weighted by Crippen LogP contribution is 2.30. The first kappa shape index (κ1) is 20.3. The number of anilines is 1. The first-order chi connectivity index (χ1) is 13.9. The second-order valence-corrected chi connectivity index (χ2v) is 7.14. The van der Waals surface area contributed by atoms with Crippen molar-refractivity contribution in [2.75, 3.05) is 25.6 Å². The third-order valence-electron chi connectivity index (χ3n) is 4.93. The summed E-state index contributed by atoms with van der Waals surface area (Å²) in [6, 6.07) is 11.9. The number of rotatable bonds is 6. The molecule has 0 spiro atoms. The summed E-state index contributed by atoms with van der Waals surface area (Å²) in [5.74, 6) is -1.18. The first-order valence-corrected chi connectivity index (χ1v) is 9.37. The molecule has 0 aliphatic heterocycles. The van der Waals surface area contributed by atoms with Crippen LogP contribution >= 0.6 is 0 Å². The molecule has 1 aliphatic rings. The zero-order valence-electron chi connectivity index (χ0n) is 16.4. The van der Waals surface area contributed by atoms with Crippen molar-refractivity contribution in [3.8, 4) is 0 Å². The van der Waals surface area contributed by atoms with Crippen molar-refractivity contribution in [1.82, 2.24) is 5.32 Å². The number of fused-ring (bicyclic) bond motifs is 1. The van der Waals surface area contributed by atoms with E-state index >= 15 is 0 Å². The molecular weight excluding hydrogens is 374 g/mol. The molecule has 0 saturated carbocycles. The van der Waals surface area contributed by atoms with Crippen molar-refractivity contribution >= 4 is 23.3 Å². The number of carbonyl (C=O) groups is 2. The molecule has 2 aromatic carbocycles. The molecule has 152 valence electrons. The first-order valence-electron chi connectivity index (χ1n) is 9.37. The molecule has 8 nitrogen and oxygen atoms in total. The summed E-state index contributed by atoms with van der Waals surface area (Å²) in [5.41, 5.74) is 2.51. The minimum absolute atomic E-state index is 0.0260. The van der Waals surface area contributed by atoms with Gasteiger partial charge in [0, 0.05) is 20.2 Å². The van der Waals surface area contributed by atoms with E-state index in [0.29, 0.717) is 5.69 Å². The van der Waals surface area contributed by atoms with Crippen LogP contribution in [-0.2, 0) is 16.0 Å². The Kier molecular flexibility index (Phi) is 6.11. The van der Waals surface area contributed by atoms with E-state index in [0.717, 1.165) is 30.9 Å². The van der Waals surface area contributed by atoms with E-state index in [1.54, 1.807) is 19.0 Å². The molecular formula is C21H23N3O5. The van der Waals surface area contributed by atoms with E-state index in [9.17, 15) is 19.7 Å². The van der Waals surface area contributed by atoms with Gasteiger partial charge in [0.15, 0.2) is 6.61 Å². The van der Waals surface area contributed by atoms with Crippen LogP contribution in [0.3, 0.4) is 0 Å². The van der Waals surface area contributed by atoms with E-state index < -0.39 is 23.4 Å². The molecule has 0 radical (unpaired) electrons. The van der Waals surface area contributed by atoms with E-state index in [2.05, 4.69) is 11.4 Å². The Morgan fingerprint density at radius 2 is 2.00 bits per heavy atom. The van der Waals surface area contributed by atoms with E-state index in [4.69, 9.17) is 4.74 Å². The Balaban J connectivity index is 1.62. The average molecular weight is 397 g/mol. The molecule has 1 N–H and O–H groups in total. The summed E-state index contributed by atoms with van der Waals surface area (Å²) < 4.78 is 5.07. The maximum atomic E-state index is 12.3. The largest absolute Gasteiger partial charge is 0.452 e. The minimum Gasteiger partial charge on any atom is -0.452 e. The van der Waals surface area contributed by atoms with Crippen LogP contribution in [0.5, 0.6) is 0 Å². The molecule has 0 bridgehead atoms. The van der Waals surface area contributed by atoms with Gasteiger partial charge in [-0.15, -0.1) is 0 Å². The zero-order valence-corrected chi connectivity index (χ0v) is 16.4. The van der Waals surface area contributed by atoms with Gasteiger partial charge in [-0.05, 0) is 42.5 Å². The number of aryl methyl sites for hydroxylation is 1. The molecule has 8 heteroatoms. The van der Waals surface area contributed by atoms with Crippen molar-refractivity contribution < 1.29 is 19.2 Å². The van der Waals surface area contributed by atoms with Crippen LogP contribution in [-0.4, -0.2) is 37.5 Å². The average Bonchev–Trinajstić information content (AvgIpc) is 2.71. The van der Waals surface area contributed by atoms with Crippen molar-refractivity contribution in [2.45, 2.75) is 25.3 Å².